The predicted molar refractivity (Wildman–Crippen MR) is 55.6 cm³/mol. The SMILES string of the molecule is CSC(C)CNCC(Cl)=CCl. The number of hydrogen-bond donors (Lipinski definition) is 1. The lowest BCUT2D eigenvalue weighted by Crippen LogP contribution is -2.23. The van der Waals surface area contributed by atoms with E-state index >= 15 is 0 Å². The molecule has 0 aromatic rings. The first-order chi connectivity index (χ1) is 5.20. The van der Waals surface area contributed by atoms with Crippen LogP contribution >= 0.6 is 35.0 Å². The van der Waals surface area contributed by atoms with E-state index in [1.165, 1.54) is 5.54 Å². The minimum absolute atomic E-state index is 0.620. The lowest BCUT2D eigenvalue weighted by molar-refractivity contribution is 0.736. The molecule has 1 nitrogen and oxygen atoms in total. The van der Waals surface area contributed by atoms with Crippen LogP contribution in [0.5, 0.6) is 0 Å². The molecule has 0 saturated carbocycles. The van der Waals surface area contributed by atoms with E-state index in [0.717, 1.165) is 6.54 Å². The highest BCUT2D eigenvalue weighted by atomic mass is 35.5. The van der Waals surface area contributed by atoms with Crippen LogP contribution in [0.4, 0.5) is 0 Å². The fourth-order valence-electron chi connectivity index (χ4n) is 0.517. The molecule has 0 heterocycles. The average Bonchev–Trinajstić information content (AvgIpc) is 2.04. The van der Waals surface area contributed by atoms with Crippen LogP contribution in [-0.4, -0.2) is 24.6 Å². The Morgan fingerprint density at radius 2 is 2.36 bits per heavy atom. The summed E-state index contributed by atoms with van der Waals surface area (Å²) in [4.78, 5) is 0. The van der Waals surface area contributed by atoms with Gasteiger partial charge in [-0.25, -0.2) is 0 Å². The molecule has 0 radical (unpaired) electrons. The molecule has 0 amide bonds. The maximum absolute atomic E-state index is 5.65. The summed E-state index contributed by atoms with van der Waals surface area (Å²) in [7, 11) is 0. The highest BCUT2D eigenvalue weighted by molar-refractivity contribution is 7.99. The topological polar surface area (TPSA) is 12.0 Å². The fourth-order valence-corrected chi connectivity index (χ4v) is 0.973. The Balaban J connectivity index is 3.27. The second-order valence-electron chi connectivity index (χ2n) is 2.23. The van der Waals surface area contributed by atoms with Crippen molar-refractivity contribution >= 4 is 35.0 Å². The molecule has 11 heavy (non-hydrogen) atoms. The van der Waals surface area contributed by atoms with Crippen molar-refractivity contribution in [3.63, 3.8) is 0 Å². The fraction of sp³-hybridized carbons (Fsp3) is 0.714. The molecule has 0 fully saturated rings. The van der Waals surface area contributed by atoms with E-state index in [2.05, 4.69) is 18.5 Å². The van der Waals surface area contributed by atoms with Gasteiger partial charge in [-0.05, 0) is 6.26 Å². The van der Waals surface area contributed by atoms with Crippen molar-refractivity contribution < 1.29 is 0 Å². The molecule has 0 rings (SSSR count). The normalized spacial score (nSPS) is 15.1. The van der Waals surface area contributed by atoms with Gasteiger partial charge in [-0.2, -0.15) is 11.8 Å². The van der Waals surface area contributed by atoms with Gasteiger partial charge in [0.2, 0.25) is 0 Å². The highest BCUT2D eigenvalue weighted by Gasteiger charge is 1.97. The van der Waals surface area contributed by atoms with Crippen LogP contribution in [-0.2, 0) is 0 Å². The van der Waals surface area contributed by atoms with Crippen LogP contribution in [0.2, 0.25) is 0 Å². The average molecular weight is 214 g/mol. The van der Waals surface area contributed by atoms with Gasteiger partial charge in [0, 0.05) is 28.9 Å². The van der Waals surface area contributed by atoms with Crippen molar-refractivity contribution in [1.29, 1.82) is 0 Å². The Kier molecular flexibility index (Phi) is 7.71. The number of hydrogen-bond acceptors (Lipinski definition) is 2. The molecule has 1 unspecified atom stereocenters. The number of nitrogens with one attached hydrogen (secondary N) is 1. The molecule has 1 N–H and O–H groups in total. The molecule has 4 heteroatoms. The smallest absolute Gasteiger partial charge is 0.0431 e. The number of thioether (sulfide) groups is 1. The second kappa shape index (κ2) is 7.29. The largest absolute Gasteiger partial charge is 0.311 e. The minimum atomic E-state index is 0.620. The zero-order valence-corrected chi connectivity index (χ0v) is 9.06. The van der Waals surface area contributed by atoms with Crippen LogP contribution < -0.4 is 5.32 Å². The minimum Gasteiger partial charge on any atom is -0.311 e. The van der Waals surface area contributed by atoms with Crippen molar-refractivity contribution in [3.05, 3.63) is 10.6 Å². The molecule has 1 atom stereocenters. The van der Waals surface area contributed by atoms with Crippen molar-refractivity contribution in [1.82, 2.24) is 5.32 Å². The van der Waals surface area contributed by atoms with E-state index in [1.54, 1.807) is 0 Å². The van der Waals surface area contributed by atoms with Crippen LogP contribution in [0.1, 0.15) is 6.92 Å². The van der Waals surface area contributed by atoms with E-state index in [-0.39, 0.29) is 0 Å². The van der Waals surface area contributed by atoms with E-state index in [4.69, 9.17) is 23.2 Å². The van der Waals surface area contributed by atoms with E-state index < -0.39 is 0 Å². The van der Waals surface area contributed by atoms with E-state index in [1.807, 2.05) is 11.8 Å². The zero-order valence-electron chi connectivity index (χ0n) is 6.73. The van der Waals surface area contributed by atoms with Gasteiger partial charge in [0.25, 0.3) is 0 Å². The van der Waals surface area contributed by atoms with Gasteiger partial charge in [-0.1, -0.05) is 30.1 Å². The number of rotatable bonds is 5. The van der Waals surface area contributed by atoms with Crippen molar-refractivity contribution in [2.45, 2.75) is 12.2 Å². The first kappa shape index (κ1) is 11.6. The molecule has 0 aliphatic rings. The second-order valence-corrected chi connectivity index (χ2v) is 4.21. The maximum Gasteiger partial charge on any atom is 0.0431 e. The Morgan fingerprint density at radius 3 is 2.82 bits per heavy atom. The van der Waals surface area contributed by atoms with Gasteiger partial charge in [0.1, 0.15) is 0 Å². The first-order valence-electron chi connectivity index (χ1n) is 3.39. The van der Waals surface area contributed by atoms with Crippen LogP contribution in [0.25, 0.3) is 0 Å². The Morgan fingerprint density at radius 1 is 1.73 bits per heavy atom. The van der Waals surface area contributed by atoms with Gasteiger partial charge >= 0.3 is 0 Å². The first-order valence-corrected chi connectivity index (χ1v) is 5.49. The third-order valence-electron chi connectivity index (χ3n) is 1.25. The Hall–Kier alpha value is 0.630. The van der Waals surface area contributed by atoms with Crippen LogP contribution in [0.15, 0.2) is 10.6 Å². The molecular weight excluding hydrogens is 201 g/mol. The lowest BCUT2D eigenvalue weighted by atomic mass is 10.4. The van der Waals surface area contributed by atoms with Crippen LogP contribution in [0.3, 0.4) is 0 Å². The Bertz CT molecular complexity index is 128. The van der Waals surface area contributed by atoms with Gasteiger partial charge in [0.15, 0.2) is 0 Å². The Labute approximate surface area is 82.5 Å². The molecule has 0 bridgehead atoms. The van der Waals surface area contributed by atoms with E-state index in [0.29, 0.717) is 16.8 Å². The third-order valence-corrected chi connectivity index (χ3v) is 2.84. The van der Waals surface area contributed by atoms with Crippen LogP contribution in [0, 0.1) is 0 Å². The molecule has 0 aromatic heterocycles. The molecule has 0 aliphatic carbocycles. The summed E-state index contributed by atoms with van der Waals surface area (Å²) in [6.45, 7) is 3.79. The quantitative estimate of drug-likeness (QED) is 0.755. The molecule has 0 saturated heterocycles. The van der Waals surface area contributed by atoms with Gasteiger partial charge in [-0.3, -0.25) is 0 Å². The number of halogens is 2. The van der Waals surface area contributed by atoms with Crippen molar-refractivity contribution in [2.24, 2.45) is 0 Å². The van der Waals surface area contributed by atoms with E-state index in [9.17, 15) is 0 Å². The summed E-state index contributed by atoms with van der Waals surface area (Å²) in [5, 5.41) is 4.45. The standard InChI is InChI=1S/C7H13Cl2NS/c1-6(11-2)4-10-5-7(9)3-8/h3,6,10H,4-5H2,1-2H3. The zero-order chi connectivity index (χ0) is 8.69. The maximum atomic E-state index is 5.65. The molecule has 66 valence electrons. The molecule has 0 spiro atoms. The lowest BCUT2D eigenvalue weighted by Gasteiger charge is -2.08. The summed E-state index contributed by atoms with van der Waals surface area (Å²) < 4.78 is 0. The monoisotopic (exact) mass is 213 g/mol. The third kappa shape index (κ3) is 7.01. The summed E-state index contributed by atoms with van der Waals surface area (Å²) >= 11 is 12.8. The summed E-state index contributed by atoms with van der Waals surface area (Å²) in [6, 6.07) is 0. The van der Waals surface area contributed by atoms with Gasteiger partial charge in [-0.15, -0.1) is 0 Å². The predicted octanol–water partition coefficient (Wildman–Crippen LogP) is 2.65. The van der Waals surface area contributed by atoms with Gasteiger partial charge < -0.3 is 5.32 Å². The van der Waals surface area contributed by atoms with Gasteiger partial charge in [0.05, 0.1) is 0 Å². The highest BCUT2D eigenvalue weighted by Crippen LogP contribution is 2.04. The summed E-state index contributed by atoms with van der Waals surface area (Å²) in [5.74, 6) is 0. The molecule has 0 aromatic carbocycles. The summed E-state index contributed by atoms with van der Waals surface area (Å²) in [5.41, 5.74) is 1.39. The molecule has 0 aliphatic heterocycles. The molecular formula is C7H13Cl2NS. The summed E-state index contributed by atoms with van der Waals surface area (Å²) in [6.07, 6.45) is 2.09. The van der Waals surface area contributed by atoms with Crippen molar-refractivity contribution in [3.8, 4) is 0 Å². The van der Waals surface area contributed by atoms with Crippen molar-refractivity contribution in [2.75, 3.05) is 19.3 Å².